The highest BCUT2D eigenvalue weighted by Crippen LogP contribution is 2.33. The second-order valence-corrected chi connectivity index (χ2v) is 6.24. The van der Waals surface area contributed by atoms with Crippen LogP contribution in [0.3, 0.4) is 0 Å². The summed E-state index contributed by atoms with van der Waals surface area (Å²) in [4.78, 5) is 12.1. The average Bonchev–Trinajstić information content (AvgIpc) is 3.24. The van der Waals surface area contributed by atoms with E-state index in [9.17, 15) is 4.79 Å². The number of benzene rings is 2. The van der Waals surface area contributed by atoms with Crippen LogP contribution >= 0.6 is 0 Å². The number of rotatable bonds is 8. The summed E-state index contributed by atoms with van der Waals surface area (Å²) in [6, 6.07) is 14.5. The third-order valence-electron chi connectivity index (χ3n) is 4.57. The van der Waals surface area contributed by atoms with Crippen LogP contribution in [0.25, 0.3) is 21.9 Å². The molecule has 0 atom stereocenters. The van der Waals surface area contributed by atoms with Gasteiger partial charge in [0, 0.05) is 10.8 Å². The Labute approximate surface area is 132 Å². The maximum absolute atomic E-state index is 12.1. The SMILES string of the molecule is CCCCCCCCc1ccc(-c2ccccc2)c2c(=O)c12. The fourth-order valence-corrected chi connectivity index (χ4v) is 3.25. The van der Waals surface area contributed by atoms with E-state index in [1.54, 1.807) is 0 Å². The Hall–Kier alpha value is -1.89. The summed E-state index contributed by atoms with van der Waals surface area (Å²) in [6.45, 7) is 2.25. The third kappa shape index (κ3) is 3.14. The van der Waals surface area contributed by atoms with Crippen molar-refractivity contribution in [3.8, 4) is 11.1 Å². The molecule has 0 N–H and O–H groups in total. The standard InChI is InChI=1S/C21H24O/c1-2-3-4-5-6-8-13-17-14-15-18(20-19(17)21(20)22)16-11-9-7-10-12-16/h7,9-12,14-15H,2-6,8,13H2,1H3. The predicted molar refractivity (Wildman–Crippen MR) is 95.1 cm³/mol. The van der Waals surface area contributed by atoms with Crippen LogP contribution in [-0.4, -0.2) is 0 Å². The summed E-state index contributed by atoms with van der Waals surface area (Å²) in [6.07, 6.45) is 8.85. The van der Waals surface area contributed by atoms with Gasteiger partial charge in [0.25, 0.3) is 0 Å². The molecule has 0 unspecified atom stereocenters. The van der Waals surface area contributed by atoms with Crippen LogP contribution in [0, 0.1) is 0 Å². The molecule has 0 aromatic heterocycles. The Kier molecular flexibility index (Phi) is 4.72. The van der Waals surface area contributed by atoms with Crippen molar-refractivity contribution in [1.29, 1.82) is 0 Å². The summed E-state index contributed by atoms with van der Waals surface area (Å²) in [5, 5.41) is 1.98. The van der Waals surface area contributed by atoms with Gasteiger partial charge < -0.3 is 0 Å². The Bertz CT molecular complexity index is 745. The highest BCUT2D eigenvalue weighted by atomic mass is 16.1. The number of unbranched alkanes of at least 4 members (excludes halogenated alkanes) is 5. The first-order valence-corrected chi connectivity index (χ1v) is 8.59. The van der Waals surface area contributed by atoms with Crippen LogP contribution in [0.5, 0.6) is 0 Å². The number of fused-ring (bicyclic) bond motifs is 1. The normalized spacial score (nSPS) is 11.5. The van der Waals surface area contributed by atoms with E-state index in [4.69, 9.17) is 0 Å². The van der Waals surface area contributed by atoms with Gasteiger partial charge in [-0.15, -0.1) is 0 Å². The van der Waals surface area contributed by atoms with Gasteiger partial charge in [-0.25, -0.2) is 0 Å². The van der Waals surface area contributed by atoms with E-state index in [2.05, 4.69) is 31.2 Å². The smallest absolute Gasteiger partial charge is 0.195 e. The molecule has 1 heteroatoms. The lowest BCUT2D eigenvalue weighted by Gasteiger charge is -2.03. The van der Waals surface area contributed by atoms with E-state index in [1.165, 1.54) is 44.1 Å². The van der Waals surface area contributed by atoms with Crippen molar-refractivity contribution in [1.82, 2.24) is 0 Å². The van der Waals surface area contributed by atoms with Crippen molar-refractivity contribution in [3.05, 3.63) is 58.3 Å². The van der Waals surface area contributed by atoms with Gasteiger partial charge in [-0.3, -0.25) is 4.79 Å². The van der Waals surface area contributed by atoms with Crippen molar-refractivity contribution < 1.29 is 0 Å². The van der Waals surface area contributed by atoms with Crippen LogP contribution in [-0.2, 0) is 6.42 Å². The van der Waals surface area contributed by atoms with Crippen LogP contribution in [0.1, 0.15) is 51.0 Å². The number of aryl methyl sites for hydroxylation is 1. The molecule has 3 rings (SSSR count). The van der Waals surface area contributed by atoms with Gasteiger partial charge in [0.15, 0.2) is 5.43 Å². The van der Waals surface area contributed by atoms with Crippen molar-refractivity contribution in [2.75, 3.05) is 0 Å². The number of hydrogen-bond acceptors (Lipinski definition) is 1. The van der Waals surface area contributed by atoms with Crippen molar-refractivity contribution in [2.24, 2.45) is 0 Å². The summed E-state index contributed by atoms with van der Waals surface area (Å²) < 4.78 is 0. The first kappa shape index (κ1) is 15.0. The fourth-order valence-electron chi connectivity index (χ4n) is 3.25. The molecule has 0 saturated heterocycles. The van der Waals surface area contributed by atoms with Gasteiger partial charge in [0.05, 0.1) is 0 Å². The van der Waals surface area contributed by atoms with E-state index in [1.807, 2.05) is 18.2 Å². The van der Waals surface area contributed by atoms with E-state index in [0.717, 1.165) is 28.3 Å². The monoisotopic (exact) mass is 292 g/mol. The van der Waals surface area contributed by atoms with Gasteiger partial charge in [0.2, 0.25) is 0 Å². The topological polar surface area (TPSA) is 17.1 Å². The molecular formula is C21H24O. The molecule has 0 fully saturated rings. The van der Waals surface area contributed by atoms with Crippen LogP contribution in [0.2, 0.25) is 0 Å². The Morgan fingerprint density at radius 1 is 0.773 bits per heavy atom. The first-order valence-electron chi connectivity index (χ1n) is 8.59. The maximum Gasteiger partial charge on any atom is 0.195 e. The lowest BCUT2D eigenvalue weighted by Crippen LogP contribution is -1.86. The number of hydrogen-bond donors (Lipinski definition) is 0. The maximum atomic E-state index is 12.1. The molecule has 3 aromatic carbocycles. The summed E-state index contributed by atoms with van der Waals surface area (Å²) >= 11 is 0. The molecule has 22 heavy (non-hydrogen) atoms. The van der Waals surface area contributed by atoms with E-state index < -0.39 is 0 Å². The largest absolute Gasteiger partial charge is 0.289 e. The van der Waals surface area contributed by atoms with Crippen LogP contribution < -0.4 is 5.43 Å². The summed E-state index contributed by atoms with van der Waals surface area (Å²) in [5.74, 6) is 0. The molecular weight excluding hydrogens is 268 g/mol. The Balaban J connectivity index is 1.66. The minimum atomic E-state index is 0.268. The van der Waals surface area contributed by atoms with Crippen LogP contribution in [0.15, 0.2) is 47.3 Å². The van der Waals surface area contributed by atoms with Gasteiger partial charge in [-0.1, -0.05) is 81.5 Å². The molecule has 0 amide bonds. The van der Waals surface area contributed by atoms with Gasteiger partial charge in [0.1, 0.15) is 0 Å². The quantitative estimate of drug-likeness (QED) is 0.491. The molecule has 0 radical (unpaired) electrons. The summed E-state index contributed by atoms with van der Waals surface area (Å²) in [5.41, 5.74) is 3.78. The van der Waals surface area contributed by atoms with E-state index in [-0.39, 0.29) is 5.43 Å². The molecule has 1 nitrogen and oxygen atoms in total. The molecule has 0 saturated carbocycles. The second-order valence-electron chi connectivity index (χ2n) is 6.24. The molecule has 114 valence electrons. The lowest BCUT2D eigenvalue weighted by molar-refractivity contribution is 0.608. The van der Waals surface area contributed by atoms with Gasteiger partial charge >= 0.3 is 0 Å². The second kappa shape index (κ2) is 6.91. The highest BCUT2D eigenvalue weighted by Gasteiger charge is 2.21. The third-order valence-corrected chi connectivity index (χ3v) is 4.57. The molecule has 0 spiro atoms. The van der Waals surface area contributed by atoms with Crippen molar-refractivity contribution in [2.45, 2.75) is 51.9 Å². The predicted octanol–water partition coefficient (Wildman–Crippen LogP) is 5.65. The average molecular weight is 292 g/mol. The summed E-state index contributed by atoms with van der Waals surface area (Å²) in [7, 11) is 0. The Morgan fingerprint density at radius 3 is 2.27 bits per heavy atom. The van der Waals surface area contributed by atoms with Gasteiger partial charge in [-0.05, 0) is 29.5 Å². The highest BCUT2D eigenvalue weighted by molar-refractivity contribution is 6.09. The van der Waals surface area contributed by atoms with E-state index in [0.29, 0.717) is 0 Å². The molecule has 0 heterocycles. The molecule has 0 aliphatic carbocycles. The Morgan fingerprint density at radius 2 is 1.50 bits per heavy atom. The van der Waals surface area contributed by atoms with Gasteiger partial charge in [-0.2, -0.15) is 0 Å². The molecule has 0 aliphatic heterocycles. The van der Waals surface area contributed by atoms with Crippen LogP contribution in [0.4, 0.5) is 0 Å². The van der Waals surface area contributed by atoms with Crippen molar-refractivity contribution in [3.63, 3.8) is 0 Å². The zero-order chi connectivity index (χ0) is 15.4. The molecule has 3 aromatic rings. The van der Waals surface area contributed by atoms with E-state index >= 15 is 0 Å². The molecule has 0 bridgehead atoms. The minimum Gasteiger partial charge on any atom is -0.289 e. The fraction of sp³-hybridized carbons (Fsp3) is 0.381. The zero-order valence-corrected chi connectivity index (χ0v) is 13.4. The van der Waals surface area contributed by atoms with Crippen molar-refractivity contribution >= 4 is 10.8 Å². The zero-order valence-electron chi connectivity index (χ0n) is 13.4. The first-order chi connectivity index (χ1) is 10.8. The molecule has 0 aliphatic rings. The lowest BCUT2D eigenvalue weighted by atomic mass is 10.0. The minimum absolute atomic E-state index is 0.268.